The summed E-state index contributed by atoms with van der Waals surface area (Å²) in [6.45, 7) is 1.73. The minimum atomic E-state index is -0.560. The van der Waals surface area contributed by atoms with Crippen molar-refractivity contribution in [2.45, 2.75) is 51.5 Å². The molecule has 4 rings (SSSR count). The Kier molecular flexibility index (Phi) is 6.35. The molecule has 1 aliphatic rings. The smallest absolute Gasteiger partial charge is 0.129 e. The number of nitrogens with zero attached hydrogens (tertiary/aromatic N) is 2. The van der Waals surface area contributed by atoms with E-state index >= 15 is 0 Å². The summed E-state index contributed by atoms with van der Waals surface area (Å²) in [5, 5.41) is 11.3. The predicted molar refractivity (Wildman–Crippen MR) is 121 cm³/mol. The fourth-order valence-electron chi connectivity index (χ4n) is 4.17. The zero-order valence-electron chi connectivity index (χ0n) is 17.6. The first-order valence-electron chi connectivity index (χ1n) is 10.8. The second-order valence-electron chi connectivity index (χ2n) is 7.95. The molecule has 0 amide bonds. The zero-order valence-corrected chi connectivity index (χ0v) is 17.6. The first kappa shape index (κ1) is 21.1. The van der Waals surface area contributed by atoms with E-state index in [1.165, 1.54) is 37.6 Å². The molecule has 1 saturated carbocycles. The van der Waals surface area contributed by atoms with Crippen molar-refractivity contribution >= 4 is 22.8 Å². The van der Waals surface area contributed by atoms with Crippen LogP contribution in [0.2, 0.25) is 0 Å². The van der Waals surface area contributed by atoms with Crippen molar-refractivity contribution in [3.63, 3.8) is 0 Å². The highest BCUT2D eigenvalue weighted by molar-refractivity contribution is 6.08. The molecule has 1 fully saturated rings. The van der Waals surface area contributed by atoms with Crippen LogP contribution in [0, 0.1) is 17.0 Å². The Labute approximate surface area is 180 Å². The lowest BCUT2D eigenvalue weighted by atomic mass is 9.95. The van der Waals surface area contributed by atoms with E-state index in [0.29, 0.717) is 45.9 Å². The van der Waals surface area contributed by atoms with Crippen LogP contribution in [0.4, 0.5) is 8.78 Å². The summed E-state index contributed by atoms with van der Waals surface area (Å²) in [7, 11) is 0. The maximum absolute atomic E-state index is 14.4. The van der Waals surface area contributed by atoms with Crippen molar-refractivity contribution in [3.8, 4) is 11.1 Å². The van der Waals surface area contributed by atoms with Crippen molar-refractivity contribution in [1.29, 1.82) is 5.41 Å². The number of para-hydroxylation sites is 1. The fraction of sp³-hybridized carbons (Fsp3) is 0.320. The Morgan fingerprint density at radius 1 is 1.16 bits per heavy atom. The Morgan fingerprint density at radius 2 is 1.90 bits per heavy atom. The summed E-state index contributed by atoms with van der Waals surface area (Å²) < 4.78 is 28.8. The zero-order chi connectivity index (χ0) is 21.8. The molecule has 1 aromatic heterocycles. The van der Waals surface area contributed by atoms with Gasteiger partial charge in [0.15, 0.2) is 0 Å². The second-order valence-corrected chi connectivity index (χ2v) is 7.95. The summed E-state index contributed by atoms with van der Waals surface area (Å²) in [4.78, 5) is 9.21. The first-order valence-corrected chi connectivity index (χ1v) is 10.8. The van der Waals surface area contributed by atoms with E-state index in [1.807, 2.05) is 12.3 Å². The molecule has 0 spiro atoms. The van der Waals surface area contributed by atoms with Crippen LogP contribution in [0.5, 0.6) is 0 Å². The molecule has 31 heavy (non-hydrogen) atoms. The summed E-state index contributed by atoms with van der Waals surface area (Å²) in [6.07, 6.45) is 11.0. The number of hydrogen-bond donors (Lipinski definition) is 2. The number of rotatable bonds is 6. The summed E-state index contributed by atoms with van der Waals surface area (Å²) in [5.41, 5.74) is 3.46. The topological polar surface area (TPSA) is 61.7 Å². The van der Waals surface area contributed by atoms with Gasteiger partial charge in [0, 0.05) is 35.2 Å². The predicted octanol–water partition coefficient (Wildman–Crippen LogP) is 6.05. The third-order valence-corrected chi connectivity index (χ3v) is 5.91. The molecule has 0 saturated heterocycles. The van der Waals surface area contributed by atoms with Crippen molar-refractivity contribution in [3.05, 3.63) is 65.6 Å². The van der Waals surface area contributed by atoms with Crippen LogP contribution < -0.4 is 5.32 Å². The SMILES string of the molecule is CCc1c(F)cc(-c2cccc3ncc(/C(C=N)=C/NC4CCCCC4)nc23)cc1F. The van der Waals surface area contributed by atoms with E-state index in [0.717, 1.165) is 12.8 Å². The summed E-state index contributed by atoms with van der Waals surface area (Å²) in [5.74, 6) is -1.12. The lowest BCUT2D eigenvalue weighted by Crippen LogP contribution is -2.26. The number of fused-ring (bicyclic) bond motifs is 1. The van der Waals surface area contributed by atoms with Crippen LogP contribution >= 0.6 is 0 Å². The number of halogens is 2. The van der Waals surface area contributed by atoms with Gasteiger partial charge in [-0.3, -0.25) is 4.98 Å². The van der Waals surface area contributed by atoms with Crippen molar-refractivity contribution in [1.82, 2.24) is 15.3 Å². The van der Waals surface area contributed by atoms with E-state index in [-0.39, 0.29) is 5.56 Å². The highest BCUT2D eigenvalue weighted by atomic mass is 19.1. The molecule has 4 nitrogen and oxygen atoms in total. The van der Waals surface area contributed by atoms with Gasteiger partial charge in [0.25, 0.3) is 0 Å². The molecule has 0 aliphatic heterocycles. The number of aromatic nitrogens is 2. The van der Waals surface area contributed by atoms with Gasteiger partial charge in [-0.1, -0.05) is 38.3 Å². The molecular weight excluding hydrogens is 394 g/mol. The van der Waals surface area contributed by atoms with Crippen LogP contribution in [0.1, 0.15) is 50.3 Å². The molecule has 1 aliphatic carbocycles. The molecule has 1 heterocycles. The van der Waals surface area contributed by atoms with Crippen LogP contribution in [0.15, 0.2) is 42.7 Å². The molecule has 160 valence electrons. The average molecular weight is 421 g/mol. The normalized spacial score (nSPS) is 15.3. The fourth-order valence-corrected chi connectivity index (χ4v) is 4.17. The Morgan fingerprint density at radius 3 is 2.58 bits per heavy atom. The van der Waals surface area contributed by atoms with Gasteiger partial charge in [-0.2, -0.15) is 0 Å². The molecule has 0 atom stereocenters. The van der Waals surface area contributed by atoms with Crippen LogP contribution in [0.3, 0.4) is 0 Å². The number of benzene rings is 2. The number of nitrogens with one attached hydrogen (secondary N) is 2. The van der Waals surface area contributed by atoms with Crippen molar-refractivity contribution in [2.24, 2.45) is 0 Å². The summed E-state index contributed by atoms with van der Waals surface area (Å²) in [6, 6.07) is 8.52. The molecule has 0 radical (unpaired) electrons. The lowest BCUT2D eigenvalue weighted by Gasteiger charge is -2.22. The van der Waals surface area contributed by atoms with Crippen molar-refractivity contribution in [2.75, 3.05) is 0 Å². The standard InChI is InChI=1S/C25H26F2N4/c1-2-19-21(26)11-16(12-22(19)27)20-9-6-10-23-25(20)31-24(15-30-23)17(13-28)14-29-18-7-4-3-5-8-18/h6,9-15,18,28-29H,2-5,7-8H2,1H3/b17-14+,28-13?. The average Bonchev–Trinajstić information content (AvgIpc) is 2.79. The van der Waals surface area contributed by atoms with Gasteiger partial charge >= 0.3 is 0 Å². The van der Waals surface area contributed by atoms with Crippen LogP contribution in [0.25, 0.3) is 27.7 Å². The van der Waals surface area contributed by atoms with Crippen molar-refractivity contribution < 1.29 is 8.78 Å². The van der Waals surface area contributed by atoms with E-state index in [9.17, 15) is 8.78 Å². The number of hydrogen-bond acceptors (Lipinski definition) is 4. The van der Waals surface area contributed by atoms with E-state index in [4.69, 9.17) is 10.4 Å². The number of allylic oxidation sites excluding steroid dienone is 1. The molecule has 0 bridgehead atoms. The maximum Gasteiger partial charge on any atom is 0.129 e. The Bertz CT molecular complexity index is 1110. The third-order valence-electron chi connectivity index (χ3n) is 5.91. The van der Waals surface area contributed by atoms with Gasteiger partial charge in [0.1, 0.15) is 11.6 Å². The van der Waals surface area contributed by atoms with Gasteiger partial charge in [-0.15, -0.1) is 0 Å². The van der Waals surface area contributed by atoms with Gasteiger partial charge in [0.05, 0.1) is 22.9 Å². The highest BCUT2D eigenvalue weighted by Crippen LogP contribution is 2.30. The highest BCUT2D eigenvalue weighted by Gasteiger charge is 2.15. The minimum absolute atomic E-state index is 0.0820. The van der Waals surface area contributed by atoms with Gasteiger partial charge < -0.3 is 10.7 Å². The summed E-state index contributed by atoms with van der Waals surface area (Å²) >= 11 is 0. The monoisotopic (exact) mass is 420 g/mol. The molecule has 0 unspecified atom stereocenters. The van der Waals surface area contributed by atoms with Gasteiger partial charge in [-0.25, -0.2) is 13.8 Å². The Balaban J connectivity index is 1.74. The first-order chi connectivity index (χ1) is 15.1. The molecular formula is C25H26F2N4. The molecule has 2 N–H and O–H groups in total. The maximum atomic E-state index is 14.4. The van der Waals surface area contributed by atoms with Gasteiger partial charge in [-0.05, 0) is 43.0 Å². The van der Waals surface area contributed by atoms with E-state index < -0.39 is 11.6 Å². The van der Waals surface area contributed by atoms with E-state index in [2.05, 4.69) is 10.3 Å². The van der Waals surface area contributed by atoms with E-state index in [1.54, 1.807) is 25.3 Å². The second kappa shape index (κ2) is 9.33. The molecule has 3 aromatic rings. The third kappa shape index (κ3) is 4.48. The van der Waals surface area contributed by atoms with Crippen LogP contribution in [-0.4, -0.2) is 22.2 Å². The Hall–Kier alpha value is -3.15. The molecule has 2 aromatic carbocycles. The minimum Gasteiger partial charge on any atom is -0.388 e. The van der Waals surface area contributed by atoms with Gasteiger partial charge in [0.2, 0.25) is 0 Å². The largest absolute Gasteiger partial charge is 0.388 e. The molecule has 6 heteroatoms. The lowest BCUT2D eigenvalue weighted by molar-refractivity contribution is 0.405. The quantitative estimate of drug-likeness (QED) is 0.477. The van der Waals surface area contributed by atoms with Crippen LogP contribution in [-0.2, 0) is 6.42 Å².